The summed E-state index contributed by atoms with van der Waals surface area (Å²) in [7, 11) is 3.34. The van der Waals surface area contributed by atoms with Gasteiger partial charge < -0.3 is 24.4 Å². The summed E-state index contributed by atoms with van der Waals surface area (Å²) >= 11 is 0. The molecule has 0 aromatic rings. The predicted octanol–water partition coefficient (Wildman–Crippen LogP) is 2.27. The molecule has 0 radical (unpaired) electrons. The van der Waals surface area contributed by atoms with Gasteiger partial charge in [0, 0.05) is 33.9 Å². The van der Waals surface area contributed by atoms with E-state index in [9.17, 15) is 4.79 Å². The third-order valence-electron chi connectivity index (χ3n) is 3.23. The van der Waals surface area contributed by atoms with Crippen LogP contribution < -0.4 is 5.32 Å². The average molecular weight is 318 g/mol. The molecule has 6 heteroatoms. The molecule has 0 fully saturated rings. The quantitative estimate of drug-likeness (QED) is 0.626. The van der Waals surface area contributed by atoms with Crippen molar-refractivity contribution in [2.24, 2.45) is 0 Å². The highest BCUT2D eigenvalue weighted by Crippen LogP contribution is 2.11. The zero-order valence-corrected chi connectivity index (χ0v) is 15.3. The van der Waals surface area contributed by atoms with Crippen LogP contribution in [0.2, 0.25) is 0 Å². The molecule has 0 aliphatic heterocycles. The van der Waals surface area contributed by atoms with Crippen molar-refractivity contribution in [1.82, 2.24) is 10.2 Å². The highest BCUT2D eigenvalue weighted by atomic mass is 16.6. The molecule has 0 saturated heterocycles. The second-order valence-corrected chi connectivity index (χ2v) is 6.92. The lowest BCUT2D eigenvalue weighted by Gasteiger charge is -2.27. The van der Waals surface area contributed by atoms with Crippen LogP contribution in [-0.2, 0) is 14.2 Å². The summed E-state index contributed by atoms with van der Waals surface area (Å²) in [6.45, 7) is 12.9. The summed E-state index contributed by atoms with van der Waals surface area (Å²) in [5.41, 5.74) is -0.619. The van der Waals surface area contributed by atoms with E-state index in [1.165, 1.54) is 0 Å². The molecule has 0 aliphatic rings. The first kappa shape index (κ1) is 21.1. The largest absolute Gasteiger partial charge is 0.444 e. The minimum Gasteiger partial charge on any atom is -0.444 e. The average Bonchev–Trinajstić information content (AvgIpc) is 2.39. The highest BCUT2D eigenvalue weighted by Gasteiger charge is 2.21. The van der Waals surface area contributed by atoms with Gasteiger partial charge >= 0.3 is 6.09 Å². The summed E-state index contributed by atoms with van der Waals surface area (Å²) in [6.07, 6.45) is 0.608. The van der Waals surface area contributed by atoms with Crippen molar-refractivity contribution in [1.29, 1.82) is 0 Å². The van der Waals surface area contributed by atoms with Crippen molar-refractivity contribution in [3.63, 3.8) is 0 Å². The Hall–Kier alpha value is -0.850. The van der Waals surface area contributed by atoms with E-state index in [1.807, 2.05) is 20.8 Å². The van der Waals surface area contributed by atoms with E-state index in [-0.39, 0.29) is 11.7 Å². The first-order chi connectivity index (χ1) is 10.1. The molecule has 0 bridgehead atoms. The molecule has 0 aliphatic carbocycles. The normalized spacial score (nSPS) is 12.3. The van der Waals surface area contributed by atoms with Gasteiger partial charge in [-0.3, -0.25) is 0 Å². The fourth-order valence-corrected chi connectivity index (χ4v) is 1.65. The number of carbonyl (C=O) groups excluding carboxylic acids is 1. The Bertz CT molecular complexity index is 314. The summed E-state index contributed by atoms with van der Waals surface area (Å²) in [5, 5.41) is 3.33. The van der Waals surface area contributed by atoms with Gasteiger partial charge in [0.15, 0.2) is 0 Å². The first-order valence-corrected chi connectivity index (χ1v) is 7.84. The maximum Gasteiger partial charge on any atom is 0.410 e. The van der Waals surface area contributed by atoms with Gasteiger partial charge in [-0.25, -0.2) is 4.79 Å². The molecule has 1 amide bonds. The van der Waals surface area contributed by atoms with E-state index in [4.69, 9.17) is 14.2 Å². The molecule has 0 unspecified atom stereocenters. The van der Waals surface area contributed by atoms with Crippen molar-refractivity contribution >= 4 is 6.09 Å². The number of hydrogen-bond acceptors (Lipinski definition) is 5. The molecule has 0 saturated carbocycles. The molecule has 0 spiro atoms. The fraction of sp³-hybridized carbons (Fsp3) is 0.938. The summed E-state index contributed by atoms with van der Waals surface area (Å²) in [6, 6.07) is 0. The second-order valence-electron chi connectivity index (χ2n) is 6.92. The number of methoxy groups -OCH3 is 2. The molecule has 0 rings (SSSR count). The molecule has 6 nitrogen and oxygen atoms in total. The third-order valence-corrected chi connectivity index (χ3v) is 3.23. The van der Waals surface area contributed by atoms with Gasteiger partial charge in [-0.05, 0) is 47.6 Å². The number of ether oxygens (including phenoxy) is 3. The predicted molar refractivity (Wildman–Crippen MR) is 88.3 cm³/mol. The minimum atomic E-state index is -0.488. The van der Waals surface area contributed by atoms with Crippen LogP contribution in [0.5, 0.6) is 0 Å². The van der Waals surface area contributed by atoms with E-state index in [2.05, 4.69) is 19.2 Å². The number of carbonyl (C=O) groups is 1. The van der Waals surface area contributed by atoms with Gasteiger partial charge in [-0.15, -0.1) is 0 Å². The van der Waals surface area contributed by atoms with Crippen molar-refractivity contribution in [3.05, 3.63) is 0 Å². The highest BCUT2D eigenvalue weighted by molar-refractivity contribution is 5.68. The van der Waals surface area contributed by atoms with Gasteiger partial charge in [0.1, 0.15) is 5.60 Å². The Kier molecular flexibility index (Phi) is 9.64. The SMILES string of the molecule is COCCN(CCNCCC(C)(C)OC)C(=O)OC(C)(C)C. The number of amides is 1. The van der Waals surface area contributed by atoms with E-state index in [1.54, 1.807) is 19.1 Å². The van der Waals surface area contributed by atoms with Gasteiger partial charge in [-0.1, -0.05) is 0 Å². The van der Waals surface area contributed by atoms with Crippen molar-refractivity contribution in [2.75, 3.05) is 47.0 Å². The molecule has 0 heterocycles. The van der Waals surface area contributed by atoms with E-state index < -0.39 is 5.60 Å². The van der Waals surface area contributed by atoms with Crippen LogP contribution in [0.4, 0.5) is 4.79 Å². The molecule has 1 N–H and O–H groups in total. The Morgan fingerprint density at radius 1 is 1.05 bits per heavy atom. The Balaban J connectivity index is 4.17. The minimum absolute atomic E-state index is 0.131. The van der Waals surface area contributed by atoms with Crippen LogP contribution in [0.25, 0.3) is 0 Å². The van der Waals surface area contributed by atoms with Gasteiger partial charge in [-0.2, -0.15) is 0 Å². The van der Waals surface area contributed by atoms with Crippen LogP contribution in [-0.4, -0.2) is 69.2 Å². The monoisotopic (exact) mass is 318 g/mol. The lowest BCUT2D eigenvalue weighted by atomic mass is 10.1. The first-order valence-electron chi connectivity index (χ1n) is 7.84. The third kappa shape index (κ3) is 10.8. The maximum atomic E-state index is 12.1. The van der Waals surface area contributed by atoms with Crippen molar-refractivity contribution in [3.8, 4) is 0 Å². The Morgan fingerprint density at radius 3 is 2.18 bits per heavy atom. The summed E-state index contributed by atoms with van der Waals surface area (Å²) < 4.78 is 15.8. The lowest BCUT2D eigenvalue weighted by molar-refractivity contribution is 0.0142. The lowest BCUT2D eigenvalue weighted by Crippen LogP contribution is -2.42. The fourth-order valence-electron chi connectivity index (χ4n) is 1.65. The topological polar surface area (TPSA) is 60.0 Å². The van der Waals surface area contributed by atoms with Crippen LogP contribution in [0.1, 0.15) is 41.0 Å². The van der Waals surface area contributed by atoms with Crippen molar-refractivity contribution in [2.45, 2.75) is 52.2 Å². The summed E-state index contributed by atoms with van der Waals surface area (Å²) in [5.74, 6) is 0. The molecule has 0 atom stereocenters. The molecule has 0 aromatic heterocycles. The smallest absolute Gasteiger partial charge is 0.410 e. The van der Waals surface area contributed by atoms with Crippen LogP contribution in [0.15, 0.2) is 0 Å². The maximum absolute atomic E-state index is 12.1. The Morgan fingerprint density at radius 2 is 1.68 bits per heavy atom. The molecule has 0 aromatic carbocycles. The van der Waals surface area contributed by atoms with E-state index in [0.717, 1.165) is 13.0 Å². The summed E-state index contributed by atoms with van der Waals surface area (Å²) in [4.78, 5) is 13.8. The van der Waals surface area contributed by atoms with Crippen LogP contribution in [0.3, 0.4) is 0 Å². The van der Waals surface area contributed by atoms with Gasteiger partial charge in [0.25, 0.3) is 0 Å². The molecule has 22 heavy (non-hydrogen) atoms. The number of hydrogen-bond donors (Lipinski definition) is 1. The second kappa shape index (κ2) is 10.0. The molecular weight excluding hydrogens is 284 g/mol. The van der Waals surface area contributed by atoms with Gasteiger partial charge in [0.05, 0.1) is 12.2 Å². The molecular formula is C16H34N2O4. The zero-order valence-electron chi connectivity index (χ0n) is 15.3. The molecule has 132 valence electrons. The zero-order chi connectivity index (χ0) is 17.2. The van der Waals surface area contributed by atoms with E-state index in [0.29, 0.717) is 26.2 Å². The van der Waals surface area contributed by atoms with E-state index >= 15 is 0 Å². The van der Waals surface area contributed by atoms with Gasteiger partial charge in [0.2, 0.25) is 0 Å². The van der Waals surface area contributed by atoms with Crippen LogP contribution in [0, 0.1) is 0 Å². The number of rotatable bonds is 10. The van der Waals surface area contributed by atoms with Crippen molar-refractivity contribution < 1.29 is 19.0 Å². The standard InChI is InChI=1S/C16H34N2O4/c1-15(2,3)22-14(19)18(12-13-20-6)11-10-17-9-8-16(4,5)21-7/h17H,8-13H2,1-7H3. The Labute approximate surface area is 135 Å². The number of nitrogens with zero attached hydrogens (tertiary/aromatic N) is 1. The number of nitrogens with one attached hydrogen (secondary N) is 1. The van der Waals surface area contributed by atoms with Crippen LogP contribution >= 0.6 is 0 Å².